The summed E-state index contributed by atoms with van der Waals surface area (Å²) >= 11 is 4.03. The Hall–Kier alpha value is -0.180. The van der Waals surface area contributed by atoms with Crippen molar-refractivity contribution >= 4 is 18.5 Å². The second-order valence-electron chi connectivity index (χ2n) is 3.88. The largest absolute Gasteiger partial charge is 0.339 e. The minimum Gasteiger partial charge on any atom is -0.339 e. The van der Waals surface area contributed by atoms with E-state index in [2.05, 4.69) is 12.6 Å². The number of hydrogen-bond acceptors (Lipinski definition) is 2. The number of thiol groups is 1. The number of fused-ring (bicyclic) bond motifs is 3. The summed E-state index contributed by atoms with van der Waals surface area (Å²) in [7, 11) is 0. The molecule has 3 rings (SSSR count). The summed E-state index contributed by atoms with van der Waals surface area (Å²) in [4.78, 5) is 13.5. The van der Waals surface area contributed by atoms with Gasteiger partial charge in [-0.2, -0.15) is 12.6 Å². The van der Waals surface area contributed by atoms with Crippen molar-refractivity contribution in [3.63, 3.8) is 0 Å². The van der Waals surface area contributed by atoms with Crippen molar-refractivity contribution in [3.8, 4) is 0 Å². The Balaban J connectivity index is 2.03. The lowest BCUT2D eigenvalue weighted by molar-refractivity contribution is -0.135. The molecular weight excluding hydrogens is 170 g/mol. The molecule has 2 aliphatic heterocycles. The molecule has 2 nitrogen and oxygen atoms in total. The minimum atomic E-state index is 0.229. The third kappa shape index (κ3) is 1.35. The first kappa shape index (κ1) is 8.42. The van der Waals surface area contributed by atoms with Gasteiger partial charge in [0.1, 0.15) is 0 Å². The maximum atomic E-state index is 11.4. The Kier molecular flexibility index (Phi) is 2.31. The van der Waals surface area contributed by atoms with Crippen molar-refractivity contribution in [2.24, 2.45) is 5.92 Å². The van der Waals surface area contributed by atoms with Crippen LogP contribution in [0.4, 0.5) is 0 Å². The number of amides is 1. The van der Waals surface area contributed by atoms with Crippen LogP contribution in [-0.2, 0) is 4.79 Å². The number of carbonyl (C=O) groups is 1. The van der Waals surface area contributed by atoms with Crippen LogP contribution >= 0.6 is 12.6 Å². The van der Waals surface area contributed by atoms with Gasteiger partial charge >= 0.3 is 0 Å². The van der Waals surface area contributed by atoms with Crippen LogP contribution in [0.1, 0.15) is 25.7 Å². The van der Waals surface area contributed by atoms with Crippen LogP contribution in [-0.4, -0.2) is 29.1 Å². The molecule has 3 heteroatoms. The fraction of sp³-hybridized carbons (Fsp3) is 0.889. The summed E-state index contributed by atoms with van der Waals surface area (Å²) in [5, 5.41) is 0. The molecular formula is C9H15NOS. The molecule has 1 amide bonds. The smallest absolute Gasteiger partial charge is 0.232 e. The van der Waals surface area contributed by atoms with Gasteiger partial charge in [-0.05, 0) is 31.6 Å². The first-order chi connectivity index (χ1) is 5.81. The van der Waals surface area contributed by atoms with Crippen molar-refractivity contribution in [3.05, 3.63) is 0 Å². The van der Waals surface area contributed by atoms with Crippen LogP contribution < -0.4 is 0 Å². The zero-order valence-corrected chi connectivity index (χ0v) is 8.09. The number of hydrogen-bond donors (Lipinski definition) is 1. The molecule has 1 saturated carbocycles. The average molecular weight is 185 g/mol. The van der Waals surface area contributed by atoms with Crippen molar-refractivity contribution in [1.82, 2.24) is 4.90 Å². The van der Waals surface area contributed by atoms with Crippen LogP contribution in [0.2, 0.25) is 0 Å². The molecule has 0 aromatic heterocycles. The van der Waals surface area contributed by atoms with Crippen molar-refractivity contribution < 1.29 is 4.79 Å². The molecule has 2 heterocycles. The Morgan fingerprint density at radius 2 is 2.00 bits per heavy atom. The van der Waals surface area contributed by atoms with E-state index in [4.69, 9.17) is 0 Å². The van der Waals surface area contributed by atoms with E-state index >= 15 is 0 Å². The van der Waals surface area contributed by atoms with E-state index in [0.717, 1.165) is 12.5 Å². The molecule has 0 aromatic rings. The van der Waals surface area contributed by atoms with Gasteiger partial charge in [-0.25, -0.2) is 0 Å². The SMILES string of the molecule is O=C(CS)N1CC2CCC1CC2. The van der Waals surface area contributed by atoms with Crippen LogP contribution in [0.25, 0.3) is 0 Å². The lowest BCUT2D eigenvalue weighted by Gasteiger charge is -2.45. The van der Waals surface area contributed by atoms with Crippen molar-refractivity contribution in [1.29, 1.82) is 0 Å². The third-order valence-electron chi connectivity index (χ3n) is 3.17. The van der Waals surface area contributed by atoms with E-state index in [1.807, 2.05) is 4.90 Å². The molecule has 0 radical (unpaired) electrons. The van der Waals surface area contributed by atoms with Crippen LogP contribution in [0.5, 0.6) is 0 Å². The molecule has 0 N–H and O–H groups in total. The lowest BCUT2D eigenvalue weighted by atomic mass is 9.80. The molecule has 12 heavy (non-hydrogen) atoms. The second kappa shape index (κ2) is 3.29. The molecule has 3 fully saturated rings. The highest BCUT2D eigenvalue weighted by molar-refractivity contribution is 7.81. The van der Waals surface area contributed by atoms with E-state index in [1.165, 1.54) is 25.7 Å². The Morgan fingerprint density at radius 1 is 1.33 bits per heavy atom. The van der Waals surface area contributed by atoms with Crippen LogP contribution in [0.3, 0.4) is 0 Å². The van der Waals surface area contributed by atoms with Gasteiger partial charge in [-0.15, -0.1) is 0 Å². The molecule has 0 atom stereocenters. The molecule has 3 aliphatic rings. The summed E-state index contributed by atoms with van der Waals surface area (Å²) in [6, 6.07) is 0.551. The minimum absolute atomic E-state index is 0.229. The van der Waals surface area contributed by atoms with Gasteiger partial charge in [0.2, 0.25) is 5.91 Å². The van der Waals surface area contributed by atoms with Gasteiger partial charge in [-0.3, -0.25) is 4.79 Å². The molecule has 0 unspecified atom stereocenters. The zero-order chi connectivity index (χ0) is 8.55. The molecule has 0 spiro atoms. The lowest BCUT2D eigenvalue weighted by Crippen LogP contribution is -2.51. The first-order valence-electron chi connectivity index (χ1n) is 4.71. The van der Waals surface area contributed by atoms with E-state index in [9.17, 15) is 4.79 Å². The molecule has 1 aliphatic carbocycles. The van der Waals surface area contributed by atoms with E-state index in [0.29, 0.717) is 11.8 Å². The molecule has 2 bridgehead atoms. The summed E-state index contributed by atoms with van der Waals surface area (Å²) in [5.41, 5.74) is 0. The Bertz CT molecular complexity index is 187. The summed E-state index contributed by atoms with van der Waals surface area (Å²) in [6.45, 7) is 1.00. The van der Waals surface area contributed by atoms with Crippen molar-refractivity contribution in [2.75, 3.05) is 12.3 Å². The summed E-state index contributed by atoms with van der Waals surface area (Å²) in [6.07, 6.45) is 5.12. The fourth-order valence-corrected chi connectivity index (χ4v) is 2.64. The number of carbonyl (C=O) groups excluding carboxylic acids is 1. The quantitative estimate of drug-likeness (QED) is 0.611. The Labute approximate surface area is 78.7 Å². The topological polar surface area (TPSA) is 20.3 Å². The molecule has 0 aromatic carbocycles. The maximum absolute atomic E-state index is 11.4. The van der Waals surface area contributed by atoms with Crippen LogP contribution in [0.15, 0.2) is 0 Å². The van der Waals surface area contributed by atoms with Gasteiger partial charge in [0.05, 0.1) is 5.75 Å². The highest BCUT2D eigenvalue weighted by atomic mass is 32.1. The van der Waals surface area contributed by atoms with Gasteiger partial charge in [0, 0.05) is 12.6 Å². The number of piperidine rings is 2. The highest BCUT2D eigenvalue weighted by Gasteiger charge is 2.35. The average Bonchev–Trinajstić information content (AvgIpc) is 2.18. The standard InChI is InChI=1S/C9H15NOS/c11-9(6-12)10-5-7-1-3-8(10)4-2-7/h7-8,12H,1-6H2. The van der Waals surface area contributed by atoms with Crippen molar-refractivity contribution in [2.45, 2.75) is 31.7 Å². The predicted molar refractivity (Wildman–Crippen MR) is 51.3 cm³/mol. The fourth-order valence-electron chi connectivity index (χ4n) is 2.46. The van der Waals surface area contributed by atoms with Gasteiger partial charge < -0.3 is 4.90 Å². The predicted octanol–water partition coefficient (Wildman–Crippen LogP) is 1.32. The maximum Gasteiger partial charge on any atom is 0.232 e. The number of nitrogens with zero attached hydrogens (tertiary/aromatic N) is 1. The number of rotatable bonds is 1. The highest BCUT2D eigenvalue weighted by Crippen LogP contribution is 2.34. The second-order valence-corrected chi connectivity index (χ2v) is 4.19. The van der Waals surface area contributed by atoms with E-state index < -0.39 is 0 Å². The molecule has 68 valence electrons. The van der Waals surface area contributed by atoms with E-state index in [-0.39, 0.29) is 5.91 Å². The Morgan fingerprint density at radius 3 is 2.42 bits per heavy atom. The molecule has 2 saturated heterocycles. The van der Waals surface area contributed by atoms with Crippen LogP contribution in [0, 0.1) is 5.92 Å². The monoisotopic (exact) mass is 185 g/mol. The first-order valence-corrected chi connectivity index (χ1v) is 5.35. The van der Waals surface area contributed by atoms with Gasteiger partial charge in [-0.1, -0.05) is 0 Å². The normalized spacial score (nSPS) is 33.9. The summed E-state index contributed by atoms with van der Waals surface area (Å²) in [5.74, 6) is 1.40. The van der Waals surface area contributed by atoms with E-state index in [1.54, 1.807) is 0 Å². The summed E-state index contributed by atoms with van der Waals surface area (Å²) < 4.78 is 0. The third-order valence-corrected chi connectivity index (χ3v) is 3.44. The van der Waals surface area contributed by atoms with Gasteiger partial charge in [0.25, 0.3) is 0 Å². The zero-order valence-electron chi connectivity index (χ0n) is 7.20. The van der Waals surface area contributed by atoms with Gasteiger partial charge in [0.15, 0.2) is 0 Å².